The van der Waals surface area contributed by atoms with Gasteiger partial charge in [0.25, 0.3) is 17.5 Å². The summed E-state index contributed by atoms with van der Waals surface area (Å²) in [5, 5.41) is 25.3. The number of rotatable bonds is 10. The Hall–Kier alpha value is -4.06. The molecule has 2 amide bonds. The van der Waals surface area contributed by atoms with Crippen molar-refractivity contribution in [1.29, 1.82) is 0 Å². The second kappa shape index (κ2) is 11.2. The topological polar surface area (TPSA) is 157 Å². The second-order valence-electron chi connectivity index (χ2n) is 7.08. The first-order valence-corrected chi connectivity index (χ1v) is 11.4. The Morgan fingerprint density at radius 1 is 1.21 bits per heavy atom. The highest BCUT2D eigenvalue weighted by Gasteiger charge is 2.24. The summed E-state index contributed by atoms with van der Waals surface area (Å²) in [6, 6.07) is 8.69. The normalized spacial score (nSPS) is 13.1. The van der Waals surface area contributed by atoms with E-state index in [0.717, 1.165) is 6.07 Å². The number of non-ortho nitro benzene ring substituents is 1. The molecule has 0 fully saturated rings. The van der Waals surface area contributed by atoms with Gasteiger partial charge in [-0.15, -0.1) is 0 Å². The Morgan fingerprint density at radius 3 is 2.68 bits per heavy atom. The van der Waals surface area contributed by atoms with Crippen molar-refractivity contribution in [2.45, 2.75) is 12.5 Å². The lowest BCUT2D eigenvalue weighted by molar-refractivity contribution is -0.384. The molecule has 3 rings (SSSR count). The molecule has 0 unspecified atom stereocenters. The molecule has 0 saturated carbocycles. The van der Waals surface area contributed by atoms with Crippen molar-refractivity contribution < 1.29 is 33.9 Å². The molecule has 178 valence electrons. The molecule has 0 aromatic heterocycles. The molecule has 1 aliphatic heterocycles. The zero-order chi connectivity index (χ0) is 24.7. The number of hydrogen-bond acceptors (Lipinski definition) is 8. The fourth-order valence-electron chi connectivity index (χ4n) is 3.01. The summed E-state index contributed by atoms with van der Waals surface area (Å²) in [6.45, 7) is 0.0507. The molecular formula is C22H21N3O8S. The number of carboxylic acids is 1. The molecular weight excluding hydrogens is 466 g/mol. The first kappa shape index (κ1) is 24.6. The third kappa shape index (κ3) is 6.25. The number of nitro benzene ring substituents is 1. The van der Waals surface area contributed by atoms with E-state index < -0.39 is 28.7 Å². The zero-order valence-corrected chi connectivity index (χ0v) is 18.8. The van der Waals surface area contributed by atoms with Gasteiger partial charge >= 0.3 is 5.97 Å². The van der Waals surface area contributed by atoms with E-state index in [9.17, 15) is 29.6 Å². The molecule has 1 heterocycles. The molecule has 0 spiro atoms. The van der Waals surface area contributed by atoms with Crippen molar-refractivity contribution in [3.05, 3.63) is 69.4 Å². The highest BCUT2D eigenvalue weighted by atomic mass is 32.2. The number of carbonyl (C=O) groups is 3. The van der Waals surface area contributed by atoms with Crippen molar-refractivity contribution in [2.75, 3.05) is 18.8 Å². The molecule has 12 heteroatoms. The van der Waals surface area contributed by atoms with Crippen LogP contribution in [-0.2, 0) is 9.59 Å². The number of ether oxygens (including phenoxy) is 2. The Bertz CT molecular complexity index is 1150. The highest BCUT2D eigenvalue weighted by molar-refractivity contribution is 7.98. The first-order chi connectivity index (χ1) is 16.3. The number of carbonyl (C=O) groups excluding carboxylic acids is 2. The quantitative estimate of drug-likeness (QED) is 0.260. The van der Waals surface area contributed by atoms with E-state index in [2.05, 4.69) is 10.6 Å². The SMILES string of the molecule is CSCC[C@@H](NC(=O)/C(=C/c1ccc2c(c1)OCO2)NC(=O)c1cccc([N+](=O)[O-])c1)C(=O)O. The minimum Gasteiger partial charge on any atom is -0.480 e. The Labute approximate surface area is 198 Å². The van der Waals surface area contributed by atoms with Crippen LogP contribution in [0.2, 0.25) is 0 Å². The summed E-state index contributed by atoms with van der Waals surface area (Å²) in [5.74, 6) is -1.35. The maximum absolute atomic E-state index is 13.0. The summed E-state index contributed by atoms with van der Waals surface area (Å²) >= 11 is 1.43. The maximum atomic E-state index is 13.0. The fourth-order valence-corrected chi connectivity index (χ4v) is 3.48. The van der Waals surface area contributed by atoms with Crippen LogP contribution in [0.25, 0.3) is 6.08 Å². The van der Waals surface area contributed by atoms with Crippen LogP contribution in [0.5, 0.6) is 11.5 Å². The lowest BCUT2D eigenvalue weighted by atomic mass is 10.1. The van der Waals surface area contributed by atoms with E-state index >= 15 is 0 Å². The molecule has 2 aromatic carbocycles. The number of thioether (sulfide) groups is 1. The van der Waals surface area contributed by atoms with E-state index in [4.69, 9.17) is 9.47 Å². The van der Waals surface area contributed by atoms with Gasteiger partial charge in [0.15, 0.2) is 11.5 Å². The predicted octanol–water partition coefficient (Wildman–Crippen LogP) is 2.42. The van der Waals surface area contributed by atoms with Gasteiger partial charge in [-0.25, -0.2) is 4.79 Å². The smallest absolute Gasteiger partial charge is 0.326 e. The second-order valence-corrected chi connectivity index (χ2v) is 8.06. The Kier molecular flexibility index (Phi) is 8.09. The molecule has 1 aliphatic rings. The van der Waals surface area contributed by atoms with Crippen molar-refractivity contribution in [2.24, 2.45) is 0 Å². The largest absolute Gasteiger partial charge is 0.480 e. The van der Waals surface area contributed by atoms with Crippen LogP contribution in [0.4, 0.5) is 5.69 Å². The highest BCUT2D eigenvalue weighted by Crippen LogP contribution is 2.33. The fraction of sp³-hybridized carbons (Fsp3) is 0.227. The van der Waals surface area contributed by atoms with Gasteiger partial charge in [0.1, 0.15) is 11.7 Å². The molecule has 11 nitrogen and oxygen atoms in total. The van der Waals surface area contributed by atoms with Crippen LogP contribution in [0.1, 0.15) is 22.3 Å². The van der Waals surface area contributed by atoms with Gasteiger partial charge < -0.3 is 25.2 Å². The predicted molar refractivity (Wildman–Crippen MR) is 124 cm³/mol. The molecule has 0 radical (unpaired) electrons. The number of nitro groups is 1. The van der Waals surface area contributed by atoms with E-state index in [1.54, 1.807) is 18.2 Å². The average molecular weight is 487 g/mol. The van der Waals surface area contributed by atoms with Crippen LogP contribution < -0.4 is 20.1 Å². The van der Waals surface area contributed by atoms with Crippen molar-refractivity contribution in [3.63, 3.8) is 0 Å². The maximum Gasteiger partial charge on any atom is 0.326 e. The summed E-state index contributed by atoms with van der Waals surface area (Å²) in [4.78, 5) is 47.7. The van der Waals surface area contributed by atoms with Gasteiger partial charge in [-0.2, -0.15) is 11.8 Å². The van der Waals surface area contributed by atoms with Crippen LogP contribution in [0, 0.1) is 10.1 Å². The van der Waals surface area contributed by atoms with Crippen molar-refractivity contribution in [3.8, 4) is 11.5 Å². The molecule has 34 heavy (non-hydrogen) atoms. The number of fused-ring (bicyclic) bond motifs is 1. The molecule has 0 aliphatic carbocycles. The number of hydrogen-bond donors (Lipinski definition) is 3. The minimum absolute atomic E-state index is 0.0456. The van der Waals surface area contributed by atoms with Gasteiger partial charge in [0.2, 0.25) is 6.79 Å². The van der Waals surface area contributed by atoms with E-state index in [1.165, 1.54) is 36.0 Å². The van der Waals surface area contributed by atoms with Crippen LogP contribution >= 0.6 is 11.8 Å². The average Bonchev–Trinajstić information content (AvgIpc) is 3.29. The standard InChI is InChI=1S/C22H21N3O8S/c1-34-8-7-16(22(28)29)23-21(27)17(9-13-5-6-18-19(10-13)33-12-32-18)24-20(26)14-3-2-4-15(11-14)25(30)31/h2-6,9-11,16H,7-8,12H2,1H3,(H,23,27)(H,24,26)(H,28,29)/b17-9-/t16-/m1/s1. The Morgan fingerprint density at radius 2 is 1.97 bits per heavy atom. The van der Waals surface area contributed by atoms with E-state index in [1.807, 2.05) is 6.26 Å². The summed E-state index contributed by atoms with van der Waals surface area (Å²) < 4.78 is 10.6. The molecule has 3 N–H and O–H groups in total. The number of benzene rings is 2. The number of carboxylic acid groups (broad SMARTS) is 1. The number of nitrogens with zero attached hydrogens (tertiary/aromatic N) is 1. The van der Waals surface area contributed by atoms with Crippen LogP contribution in [-0.4, -0.2) is 52.7 Å². The number of aliphatic carboxylic acids is 1. The molecule has 0 bridgehead atoms. The van der Waals surface area contributed by atoms with Gasteiger partial charge in [0, 0.05) is 17.7 Å². The zero-order valence-electron chi connectivity index (χ0n) is 18.0. The van der Waals surface area contributed by atoms with Gasteiger partial charge in [-0.1, -0.05) is 12.1 Å². The lowest BCUT2D eigenvalue weighted by Crippen LogP contribution is -2.44. The van der Waals surface area contributed by atoms with Crippen LogP contribution in [0.3, 0.4) is 0 Å². The van der Waals surface area contributed by atoms with Gasteiger partial charge in [-0.3, -0.25) is 19.7 Å². The summed E-state index contributed by atoms with van der Waals surface area (Å²) in [7, 11) is 0. The molecule has 0 saturated heterocycles. The number of nitrogens with one attached hydrogen (secondary N) is 2. The minimum atomic E-state index is -1.21. The molecule has 2 aromatic rings. The third-order valence-electron chi connectivity index (χ3n) is 4.73. The monoisotopic (exact) mass is 487 g/mol. The summed E-state index contributed by atoms with van der Waals surface area (Å²) in [5.41, 5.74) is -0.104. The summed E-state index contributed by atoms with van der Waals surface area (Å²) in [6.07, 6.45) is 3.34. The molecule has 1 atom stereocenters. The van der Waals surface area contributed by atoms with Gasteiger partial charge in [0.05, 0.1) is 4.92 Å². The number of amides is 2. The third-order valence-corrected chi connectivity index (χ3v) is 5.38. The lowest BCUT2D eigenvalue weighted by Gasteiger charge is -2.16. The van der Waals surface area contributed by atoms with E-state index in [0.29, 0.717) is 22.8 Å². The van der Waals surface area contributed by atoms with Crippen molar-refractivity contribution in [1.82, 2.24) is 10.6 Å². The van der Waals surface area contributed by atoms with E-state index in [-0.39, 0.29) is 30.2 Å². The van der Waals surface area contributed by atoms with Crippen LogP contribution in [0.15, 0.2) is 48.2 Å². The van der Waals surface area contributed by atoms with Gasteiger partial charge in [-0.05, 0) is 48.3 Å². The van der Waals surface area contributed by atoms with Crippen molar-refractivity contribution >= 4 is 41.3 Å². The first-order valence-electron chi connectivity index (χ1n) is 9.98. The Balaban J connectivity index is 1.90.